The van der Waals surface area contributed by atoms with Crippen LogP contribution in [-0.2, 0) is 0 Å². The first-order valence-electron chi connectivity index (χ1n) is 6.73. The van der Waals surface area contributed by atoms with E-state index in [1.165, 1.54) is 37.7 Å². The molecule has 2 atom stereocenters. The lowest BCUT2D eigenvalue weighted by Gasteiger charge is -2.31. The lowest BCUT2D eigenvalue weighted by Crippen LogP contribution is -2.38. The summed E-state index contributed by atoms with van der Waals surface area (Å²) in [5.74, 6) is 1.02. The Morgan fingerprint density at radius 1 is 1.39 bits per heavy atom. The van der Waals surface area contributed by atoms with Gasteiger partial charge in [-0.15, -0.1) is 11.3 Å². The number of rotatable bonds is 1. The summed E-state index contributed by atoms with van der Waals surface area (Å²) in [7, 11) is 0. The molecule has 1 aliphatic carbocycles. The molecule has 0 N–H and O–H groups in total. The Hall–Kier alpha value is -0.350. The highest BCUT2D eigenvalue weighted by Crippen LogP contribution is 2.38. The second kappa shape index (κ2) is 4.97. The first-order chi connectivity index (χ1) is 8.66. The number of hydrogen-bond acceptors (Lipinski definition) is 2. The molecule has 0 bridgehead atoms. The second-order valence-electron chi connectivity index (χ2n) is 5.47. The van der Waals surface area contributed by atoms with Crippen LogP contribution in [0.2, 0.25) is 0 Å². The first-order valence-corrected chi connectivity index (χ1v) is 8.34. The molecule has 2 fully saturated rings. The van der Waals surface area contributed by atoms with Crippen LogP contribution in [0.5, 0.6) is 0 Å². The van der Waals surface area contributed by atoms with E-state index in [0.29, 0.717) is 6.04 Å². The number of hydrogen-bond donors (Lipinski definition) is 0. The number of thiophene rings is 1. The zero-order chi connectivity index (χ0) is 12.7. The topological polar surface area (TPSA) is 20.3 Å². The van der Waals surface area contributed by atoms with E-state index in [9.17, 15) is 4.79 Å². The monoisotopic (exact) mass is 327 g/mol. The van der Waals surface area contributed by atoms with Crippen molar-refractivity contribution in [3.8, 4) is 0 Å². The van der Waals surface area contributed by atoms with Gasteiger partial charge in [0, 0.05) is 12.6 Å². The summed E-state index contributed by atoms with van der Waals surface area (Å²) in [6, 6.07) is 2.54. The zero-order valence-electron chi connectivity index (χ0n) is 10.6. The van der Waals surface area contributed by atoms with Gasteiger partial charge in [-0.25, -0.2) is 0 Å². The number of halogens is 1. The Labute approximate surface area is 120 Å². The van der Waals surface area contributed by atoms with Crippen molar-refractivity contribution >= 4 is 33.2 Å². The van der Waals surface area contributed by atoms with Crippen LogP contribution in [0.15, 0.2) is 9.85 Å². The molecule has 2 unspecified atom stereocenters. The Morgan fingerprint density at radius 2 is 2.17 bits per heavy atom. The molecule has 0 radical (unpaired) electrons. The fourth-order valence-corrected chi connectivity index (χ4v) is 4.86. The normalized spacial score (nSPS) is 27.3. The smallest absolute Gasteiger partial charge is 0.264 e. The first kappa shape index (κ1) is 12.7. The van der Waals surface area contributed by atoms with E-state index >= 15 is 0 Å². The maximum Gasteiger partial charge on any atom is 0.264 e. The van der Waals surface area contributed by atoms with Crippen LogP contribution >= 0.6 is 27.3 Å². The van der Waals surface area contributed by atoms with E-state index in [-0.39, 0.29) is 5.91 Å². The van der Waals surface area contributed by atoms with Crippen molar-refractivity contribution < 1.29 is 4.79 Å². The number of carbonyl (C=O) groups is 1. The van der Waals surface area contributed by atoms with Crippen molar-refractivity contribution in [2.24, 2.45) is 5.92 Å². The highest BCUT2D eigenvalue weighted by Gasteiger charge is 2.38. The molecule has 2 aliphatic rings. The largest absolute Gasteiger partial charge is 0.335 e. The van der Waals surface area contributed by atoms with E-state index in [0.717, 1.165) is 21.1 Å². The van der Waals surface area contributed by atoms with Gasteiger partial charge < -0.3 is 4.90 Å². The molecule has 1 aromatic rings. The van der Waals surface area contributed by atoms with Crippen molar-refractivity contribution in [3.63, 3.8) is 0 Å². The van der Waals surface area contributed by atoms with Gasteiger partial charge in [-0.3, -0.25) is 4.79 Å². The SMILES string of the molecule is Cc1cc(C(=O)N2CCC3CCCCC32)sc1Br. The summed E-state index contributed by atoms with van der Waals surface area (Å²) in [6.07, 6.45) is 6.39. The van der Waals surface area contributed by atoms with Gasteiger partial charge in [0.2, 0.25) is 0 Å². The van der Waals surface area contributed by atoms with Gasteiger partial charge in [-0.05, 0) is 59.7 Å². The Kier molecular flexibility index (Phi) is 3.50. The number of carbonyl (C=O) groups excluding carboxylic acids is 1. The molecule has 18 heavy (non-hydrogen) atoms. The molecule has 0 spiro atoms. The van der Waals surface area contributed by atoms with Crippen LogP contribution in [0.1, 0.15) is 47.3 Å². The molecule has 1 aromatic heterocycles. The van der Waals surface area contributed by atoms with Crippen molar-refractivity contribution in [2.75, 3.05) is 6.54 Å². The van der Waals surface area contributed by atoms with Crippen molar-refractivity contribution in [1.82, 2.24) is 4.90 Å². The summed E-state index contributed by atoms with van der Waals surface area (Å²) < 4.78 is 1.09. The minimum Gasteiger partial charge on any atom is -0.335 e. The summed E-state index contributed by atoms with van der Waals surface area (Å²) in [5.41, 5.74) is 1.17. The van der Waals surface area contributed by atoms with Crippen LogP contribution in [0.25, 0.3) is 0 Å². The molecule has 1 amide bonds. The van der Waals surface area contributed by atoms with Crippen LogP contribution in [-0.4, -0.2) is 23.4 Å². The minimum absolute atomic E-state index is 0.253. The van der Waals surface area contributed by atoms with E-state index < -0.39 is 0 Å². The van der Waals surface area contributed by atoms with E-state index in [2.05, 4.69) is 20.8 Å². The van der Waals surface area contributed by atoms with Crippen LogP contribution in [0, 0.1) is 12.8 Å². The van der Waals surface area contributed by atoms with Gasteiger partial charge in [-0.2, -0.15) is 0 Å². The van der Waals surface area contributed by atoms with Crippen molar-refractivity contribution in [1.29, 1.82) is 0 Å². The van der Waals surface area contributed by atoms with Gasteiger partial charge in [-0.1, -0.05) is 12.8 Å². The lowest BCUT2D eigenvalue weighted by atomic mass is 9.85. The summed E-state index contributed by atoms with van der Waals surface area (Å²) in [6.45, 7) is 3.01. The Bertz CT molecular complexity index is 451. The maximum absolute atomic E-state index is 12.6. The second-order valence-corrected chi connectivity index (χ2v) is 7.84. The average Bonchev–Trinajstić information content (AvgIpc) is 2.93. The molecule has 1 saturated carbocycles. The van der Waals surface area contributed by atoms with Crippen LogP contribution in [0.3, 0.4) is 0 Å². The number of likely N-dealkylation sites (tertiary alicyclic amines) is 1. The molecule has 4 heteroatoms. The van der Waals surface area contributed by atoms with Gasteiger partial charge in [0.15, 0.2) is 0 Å². The number of amides is 1. The molecule has 2 heterocycles. The third kappa shape index (κ3) is 2.14. The minimum atomic E-state index is 0.253. The highest BCUT2D eigenvalue weighted by atomic mass is 79.9. The lowest BCUT2D eigenvalue weighted by molar-refractivity contribution is 0.0695. The number of nitrogens with zero attached hydrogens (tertiary/aromatic N) is 1. The number of fused-ring (bicyclic) bond motifs is 1. The highest BCUT2D eigenvalue weighted by molar-refractivity contribution is 9.11. The fraction of sp³-hybridized carbons (Fsp3) is 0.643. The molecule has 3 rings (SSSR count). The molecule has 0 aromatic carbocycles. The predicted molar refractivity (Wildman–Crippen MR) is 78.2 cm³/mol. The summed E-state index contributed by atoms with van der Waals surface area (Å²) in [5, 5.41) is 0. The predicted octanol–water partition coefficient (Wildman–Crippen LogP) is 4.22. The van der Waals surface area contributed by atoms with Gasteiger partial charge in [0.25, 0.3) is 5.91 Å². The number of aryl methyl sites for hydroxylation is 1. The van der Waals surface area contributed by atoms with Gasteiger partial charge in [0.1, 0.15) is 0 Å². The fourth-order valence-electron chi connectivity index (χ4n) is 3.36. The van der Waals surface area contributed by atoms with Gasteiger partial charge >= 0.3 is 0 Å². The molecule has 1 aliphatic heterocycles. The zero-order valence-corrected chi connectivity index (χ0v) is 13.0. The summed E-state index contributed by atoms with van der Waals surface area (Å²) in [4.78, 5) is 15.6. The van der Waals surface area contributed by atoms with E-state index in [1.807, 2.05) is 13.0 Å². The molecule has 98 valence electrons. The van der Waals surface area contributed by atoms with Crippen molar-refractivity contribution in [3.05, 3.63) is 20.3 Å². The third-order valence-corrected chi connectivity index (χ3v) is 6.46. The molecular weight excluding hydrogens is 310 g/mol. The standard InChI is InChI=1S/C14H18BrNOS/c1-9-8-12(18-13(9)15)14(17)16-7-6-10-4-2-3-5-11(10)16/h8,10-11H,2-7H2,1H3. The quantitative estimate of drug-likeness (QED) is 0.756. The Morgan fingerprint density at radius 3 is 2.89 bits per heavy atom. The van der Waals surface area contributed by atoms with E-state index in [4.69, 9.17) is 0 Å². The maximum atomic E-state index is 12.6. The summed E-state index contributed by atoms with van der Waals surface area (Å²) >= 11 is 5.08. The molecule has 2 nitrogen and oxygen atoms in total. The van der Waals surface area contributed by atoms with Crippen molar-refractivity contribution in [2.45, 2.75) is 45.1 Å². The Balaban J connectivity index is 1.80. The average molecular weight is 328 g/mol. The van der Waals surface area contributed by atoms with Gasteiger partial charge in [0.05, 0.1) is 8.66 Å². The molecule has 1 saturated heterocycles. The molecular formula is C14H18BrNOS. The van der Waals surface area contributed by atoms with E-state index in [1.54, 1.807) is 11.3 Å². The van der Waals surface area contributed by atoms with Crippen LogP contribution < -0.4 is 0 Å². The van der Waals surface area contributed by atoms with Crippen LogP contribution in [0.4, 0.5) is 0 Å². The third-order valence-electron chi connectivity index (χ3n) is 4.34.